The molecule has 7 heteroatoms. The van der Waals surface area contributed by atoms with Crippen molar-refractivity contribution in [1.82, 2.24) is 0 Å². The molecule has 0 aromatic carbocycles. The smallest absolute Gasteiger partial charge is 0.0777 e. The van der Waals surface area contributed by atoms with Gasteiger partial charge in [0.05, 0.1) is 14.9 Å². The molecule has 0 aromatic heterocycles. The van der Waals surface area contributed by atoms with Crippen molar-refractivity contribution in [3.8, 4) is 0 Å². The zero-order valence-electron chi connectivity index (χ0n) is 16.1. The van der Waals surface area contributed by atoms with Crippen LogP contribution in [0.2, 0.25) is 0 Å². The van der Waals surface area contributed by atoms with Gasteiger partial charge in [0.2, 0.25) is 0 Å². The Hall–Kier alpha value is 1.12. The standard InChI is InChI=1S/C15H31.C3H7.BrH.ClHO4.Co/c1-3-5-7-9-11-13-15-14-12-10-8-6-4-2;1-3-2;;2-1(3,4)5;/h1,3-15H2,2H3;1,3H2,2H3;1H;(H,2,3,4,5);/q2*-1;;;+3/p-1. The van der Waals surface area contributed by atoms with E-state index in [-0.39, 0.29) is 0 Å². The Morgan fingerprint density at radius 2 is 0.920 bits per heavy atom. The average molecular weight is 494 g/mol. The number of hydrogen-bond acceptors (Lipinski definition) is 4. The van der Waals surface area contributed by atoms with Gasteiger partial charge < -0.3 is 13.8 Å². The molecular formula is C18H39BrClCoO4. The van der Waals surface area contributed by atoms with Gasteiger partial charge in [0.15, 0.2) is 0 Å². The fourth-order valence-electron chi connectivity index (χ4n) is 2.02. The van der Waals surface area contributed by atoms with Crippen LogP contribution in [0.15, 0.2) is 0 Å². The zero-order chi connectivity index (χ0) is 20.4. The maximum atomic E-state index is 8.60. The third kappa shape index (κ3) is 78.0. The van der Waals surface area contributed by atoms with E-state index >= 15 is 0 Å². The molecule has 0 spiro atoms. The van der Waals surface area contributed by atoms with Gasteiger partial charge >= 0.3 is 28.1 Å². The van der Waals surface area contributed by atoms with Gasteiger partial charge in [0.1, 0.15) is 0 Å². The Balaban J connectivity index is -0.000000182. The molecule has 0 aromatic rings. The van der Waals surface area contributed by atoms with Gasteiger partial charge in [-0.05, 0) is 0 Å². The Morgan fingerprint density at radius 3 is 1.12 bits per heavy atom. The first-order valence-electron chi connectivity index (χ1n) is 9.17. The van der Waals surface area contributed by atoms with Crippen molar-refractivity contribution in [3.05, 3.63) is 13.8 Å². The third-order valence-electron chi connectivity index (χ3n) is 3.10. The van der Waals surface area contributed by atoms with E-state index < -0.39 is 10.2 Å². The minimum Gasteiger partial charge on any atom is -0.183 e. The minimum absolute atomic E-state index is 1.00. The van der Waals surface area contributed by atoms with Crippen LogP contribution >= 0.6 is 14.2 Å². The molecule has 4 nitrogen and oxygen atoms in total. The van der Waals surface area contributed by atoms with Gasteiger partial charge in [-0.25, -0.2) is 0 Å². The number of hydrogen-bond donors (Lipinski definition) is 1. The summed E-state index contributed by atoms with van der Waals surface area (Å²) in [5.41, 5.74) is 0. The largest absolute Gasteiger partial charge is 0.183 e. The van der Waals surface area contributed by atoms with E-state index in [9.17, 15) is 0 Å². The van der Waals surface area contributed by atoms with Gasteiger partial charge in [-0.1, -0.05) is 90.9 Å². The van der Waals surface area contributed by atoms with Crippen LogP contribution in [0.4, 0.5) is 0 Å². The molecule has 0 atom stereocenters. The molecule has 0 rings (SSSR count). The third-order valence-corrected chi connectivity index (χ3v) is 3.10. The summed E-state index contributed by atoms with van der Waals surface area (Å²) < 4.78 is 32.7. The van der Waals surface area contributed by atoms with Gasteiger partial charge in [0, 0.05) is 0 Å². The normalized spacial score (nSPS) is 9.84. The SMILES string of the molecule is [CH2-]CC.[CH2-]CCCCCCCCCCCCCC.[Co+2][Br].[O-][Cl+3]([O-])([O-])O. The maximum Gasteiger partial charge on any atom is 0.0777 e. The predicted octanol–water partition coefficient (Wildman–Crippen LogP) is 3.86. The van der Waals surface area contributed by atoms with E-state index in [0.717, 1.165) is 12.8 Å². The van der Waals surface area contributed by atoms with E-state index in [4.69, 9.17) is 18.6 Å². The second kappa shape index (κ2) is 32.8. The first-order chi connectivity index (χ1) is 11.8. The Morgan fingerprint density at radius 1 is 0.720 bits per heavy atom. The molecule has 0 unspecified atom stereocenters. The van der Waals surface area contributed by atoms with Crippen molar-refractivity contribution in [2.24, 2.45) is 0 Å². The Kier molecular flexibility index (Phi) is 44.1. The molecule has 0 amide bonds. The number of rotatable bonds is 12. The van der Waals surface area contributed by atoms with Crippen molar-refractivity contribution in [2.75, 3.05) is 0 Å². The number of halogens is 2. The molecule has 0 radical (unpaired) electrons. The second-order valence-electron chi connectivity index (χ2n) is 5.64. The first-order valence-corrected chi connectivity index (χ1v) is 13.0. The molecule has 0 bridgehead atoms. The van der Waals surface area contributed by atoms with Gasteiger partial charge in [-0.15, -0.1) is 0 Å². The van der Waals surface area contributed by atoms with E-state index in [1.165, 1.54) is 77.0 Å². The second-order valence-corrected chi connectivity index (χ2v) is 6.43. The van der Waals surface area contributed by atoms with Crippen LogP contribution in [-0.2, 0) is 13.9 Å². The summed E-state index contributed by atoms with van der Waals surface area (Å²) >= 11 is 6.00. The molecule has 0 heterocycles. The van der Waals surface area contributed by atoms with E-state index in [1.54, 1.807) is 0 Å². The van der Waals surface area contributed by atoms with Crippen molar-refractivity contribution in [2.45, 2.75) is 104 Å². The van der Waals surface area contributed by atoms with Crippen LogP contribution in [0.1, 0.15) is 104 Å². The van der Waals surface area contributed by atoms with Crippen LogP contribution in [0.3, 0.4) is 0 Å². The molecule has 0 aliphatic heterocycles. The molecule has 158 valence electrons. The average Bonchev–Trinajstić information content (AvgIpc) is 2.54. The van der Waals surface area contributed by atoms with Crippen molar-refractivity contribution in [3.63, 3.8) is 0 Å². The van der Waals surface area contributed by atoms with Crippen LogP contribution < -0.4 is 14.0 Å². The summed E-state index contributed by atoms with van der Waals surface area (Å²) in [6, 6.07) is 0. The van der Waals surface area contributed by atoms with Gasteiger partial charge in [-0.3, -0.25) is 0 Å². The predicted molar refractivity (Wildman–Crippen MR) is 97.8 cm³/mol. The first kappa shape index (κ1) is 33.7. The van der Waals surface area contributed by atoms with E-state index in [1.807, 2.05) is 6.92 Å². The topological polar surface area (TPSA) is 89.4 Å². The summed E-state index contributed by atoms with van der Waals surface area (Å²) in [6.07, 6.45) is 19.3. The molecule has 0 saturated carbocycles. The van der Waals surface area contributed by atoms with Crippen molar-refractivity contribution < 1.29 is 42.8 Å². The quantitative estimate of drug-likeness (QED) is 0.330. The Bertz CT molecular complexity index is 178. The van der Waals surface area contributed by atoms with E-state index in [0.29, 0.717) is 0 Å². The molecular weight excluding hydrogens is 454 g/mol. The monoisotopic (exact) mass is 492 g/mol. The molecule has 0 aliphatic rings. The molecule has 25 heavy (non-hydrogen) atoms. The molecule has 0 aliphatic carbocycles. The fourth-order valence-corrected chi connectivity index (χ4v) is 2.02. The van der Waals surface area contributed by atoms with Crippen molar-refractivity contribution >= 4 is 14.2 Å². The summed E-state index contributed by atoms with van der Waals surface area (Å²) in [5, 5.41) is 0. The summed E-state index contributed by atoms with van der Waals surface area (Å²) in [7, 11) is -4.69. The minimum atomic E-state index is -4.69. The maximum absolute atomic E-state index is 8.60. The van der Waals surface area contributed by atoms with Crippen LogP contribution in [-0.4, -0.2) is 4.66 Å². The van der Waals surface area contributed by atoms with E-state index in [2.05, 4.69) is 48.9 Å². The summed E-state index contributed by atoms with van der Waals surface area (Å²) in [5.74, 6) is 0. The van der Waals surface area contributed by atoms with Crippen LogP contribution in [0, 0.1) is 24.1 Å². The summed E-state index contributed by atoms with van der Waals surface area (Å²) in [6.45, 7) is 11.7. The molecule has 1 N–H and O–H groups in total. The zero-order valence-corrected chi connectivity index (χ0v) is 19.5. The molecule has 0 saturated heterocycles. The fraction of sp³-hybridized carbons (Fsp3) is 0.889. The Labute approximate surface area is 174 Å². The van der Waals surface area contributed by atoms with Crippen LogP contribution in [0.25, 0.3) is 0 Å². The number of unbranched alkanes of at least 4 members (excludes halogenated alkanes) is 12. The van der Waals surface area contributed by atoms with Crippen molar-refractivity contribution in [1.29, 1.82) is 0 Å². The van der Waals surface area contributed by atoms with Gasteiger partial charge in [-0.2, -0.15) is 26.8 Å². The van der Waals surface area contributed by atoms with Gasteiger partial charge in [0.25, 0.3) is 0 Å². The molecule has 0 fully saturated rings. The van der Waals surface area contributed by atoms with Crippen LogP contribution in [0.5, 0.6) is 0 Å². The summed E-state index contributed by atoms with van der Waals surface area (Å²) in [4.78, 5) is 0.